The SMILES string of the molecule is CCCOc1nc(N[C@H](CO)Cc2ccccc2)c2[nH]c[nH+]c2n1. The number of aromatic nitrogens is 4. The molecule has 0 spiro atoms. The summed E-state index contributed by atoms with van der Waals surface area (Å²) in [5, 5.41) is 13.0. The van der Waals surface area contributed by atoms with E-state index in [2.05, 4.69) is 25.3 Å². The second-order valence-corrected chi connectivity index (χ2v) is 5.57. The molecule has 0 saturated heterocycles. The first-order valence-corrected chi connectivity index (χ1v) is 8.11. The molecule has 0 amide bonds. The van der Waals surface area contributed by atoms with Crippen molar-refractivity contribution in [2.75, 3.05) is 18.5 Å². The van der Waals surface area contributed by atoms with Crippen LogP contribution in [0.2, 0.25) is 0 Å². The van der Waals surface area contributed by atoms with Crippen LogP contribution in [0, 0.1) is 0 Å². The highest BCUT2D eigenvalue weighted by Crippen LogP contribution is 2.20. The average molecular weight is 328 g/mol. The minimum atomic E-state index is -0.159. The Kier molecular flexibility index (Phi) is 5.22. The number of hydrogen-bond acceptors (Lipinski definition) is 5. The number of nitrogens with zero attached hydrogens (tertiary/aromatic N) is 2. The zero-order valence-electron chi connectivity index (χ0n) is 13.6. The van der Waals surface area contributed by atoms with Gasteiger partial charge in [-0.3, -0.25) is 4.98 Å². The van der Waals surface area contributed by atoms with E-state index in [4.69, 9.17) is 4.74 Å². The van der Waals surface area contributed by atoms with Crippen molar-refractivity contribution in [3.8, 4) is 6.01 Å². The minimum Gasteiger partial charge on any atom is -0.451 e. The standard InChI is InChI=1S/C17H21N5O2/c1-2-8-24-17-21-15-14(18-11-19-15)16(22-17)20-13(10-23)9-12-6-4-3-5-7-12/h3-7,11,13,23H,2,8-10H2,1H3,(H2,18,19,20,21,22)/p+1/t13-/m0/s1. The van der Waals surface area contributed by atoms with Gasteiger partial charge in [-0.1, -0.05) is 37.3 Å². The molecule has 2 heterocycles. The summed E-state index contributed by atoms with van der Waals surface area (Å²) in [4.78, 5) is 14.9. The third kappa shape index (κ3) is 3.80. The molecule has 3 rings (SSSR count). The van der Waals surface area contributed by atoms with Crippen LogP contribution in [0.3, 0.4) is 0 Å². The van der Waals surface area contributed by atoms with Gasteiger partial charge in [0, 0.05) is 0 Å². The van der Waals surface area contributed by atoms with Crippen LogP contribution in [0.15, 0.2) is 36.7 Å². The van der Waals surface area contributed by atoms with Crippen LogP contribution in [-0.2, 0) is 6.42 Å². The summed E-state index contributed by atoms with van der Waals surface area (Å²) < 4.78 is 5.55. The molecule has 0 aliphatic rings. The van der Waals surface area contributed by atoms with E-state index in [0.29, 0.717) is 30.5 Å². The second-order valence-electron chi connectivity index (χ2n) is 5.57. The Bertz CT molecular complexity index is 775. The molecule has 0 aliphatic carbocycles. The molecule has 1 aromatic carbocycles. The Morgan fingerprint density at radius 3 is 2.88 bits per heavy atom. The first-order valence-electron chi connectivity index (χ1n) is 8.11. The van der Waals surface area contributed by atoms with Crippen molar-refractivity contribution < 1.29 is 14.8 Å². The molecule has 4 N–H and O–H groups in total. The van der Waals surface area contributed by atoms with Gasteiger partial charge in [0.2, 0.25) is 5.52 Å². The van der Waals surface area contributed by atoms with Crippen LogP contribution in [-0.4, -0.2) is 39.3 Å². The van der Waals surface area contributed by atoms with Gasteiger partial charge < -0.3 is 15.2 Å². The maximum atomic E-state index is 9.73. The Labute approximate surface area is 140 Å². The van der Waals surface area contributed by atoms with Crippen molar-refractivity contribution in [3.05, 3.63) is 42.2 Å². The number of aliphatic hydroxyl groups is 1. The molecule has 0 bridgehead atoms. The number of aliphatic hydroxyl groups excluding tert-OH is 1. The zero-order valence-corrected chi connectivity index (χ0v) is 13.6. The summed E-state index contributed by atoms with van der Waals surface area (Å²) in [7, 11) is 0. The second kappa shape index (κ2) is 7.74. The van der Waals surface area contributed by atoms with Gasteiger partial charge in [-0.2, -0.15) is 4.98 Å². The molecule has 1 atom stereocenters. The summed E-state index contributed by atoms with van der Waals surface area (Å²) in [6.07, 6.45) is 3.27. The maximum absolute atomic E-state index is 9.73. The van der Waals surface area contributed by atoms with E-state index in [0.717, 1.165) is 17.5 Å². The lowest BCUT2D eigenvalue weighted by Crippen LogP contribution is -2.27. The normalized spacial score (nSPS) is 12.2. The molecule has 3 aromatic rings. The molecule has 24 heavy (non-hydrogen) atoms. The summed E-state index contributed by atoms with van der Waals surface area (Å²) in [6.45, 7) is 2.58. The van der Waals surface area contributed by atoms with Crippen molar-refractivity contribution in [2.45, 2.75) is 25.8 Å². The van der Waals surface area contributed by atoms with Crippen molar-refractivity contribution in [3.63, 3.8) is 0 Å². The third-order valence-electron chi connectivity index (χ3n) is 3.64. The van der Waals surface area contributed by atoms with Crippen LogP contribution < -0.4 is 15.0 Å². The predicted molar refractivity (Wildman–Crippen MR) is 90.9 cm³/mol. The Morgan fingerprint density at radius 2 is 2.12 bits per heavy atom. The highest BCUT2D eigenvalue weighted by molar-refractivity contribution is 5.80. The number of H-pyrrole nitrogens is 2. The van der Waals surface area contributed by atoms with E-state index in [1.54, 1.807) is 6.33 Å². The molecule has 0 fully saturated rings. The first kappa shape index (κ1) is 16.2. The van der Waals surface area contributed by atoms with E-state index in [-0.39, 0.29) is 12.6 Å². The molecule has 0 unspecified atom stereocenters. The lowest BCUT2D eigenvalue weighted by molar-refractivity contribution is -0.347. The minimum absolute atomic E-state index is 0.00400. The maximum Gasteiger partial charge on any atom is 0.397 e. The fraction of sp³-hybridized carbons (Fsp3) is 0.353. The van der Waals surface area contributed by atoms with Gasteiger partial charge in [-0.15, -0.1) is 0 Å². The zero-order chi connectivity index (χ0) is 16.8. The predicted octanol–water partition coefficient (Wildman–Crippen LogP) is 1.58. The number of rotatable bonds is 8. The van der Waals surface area contributed by atoms with Gasteiger partial charge in [0.05, 0.1) is 19.3 Å². The first-order chi connectivity index (χ1) is 11.8. The van der Waals surface area contributed by atoms with E-state index in [9.17, 15) is 5.11 Å². The molecule has 0 radical (unpaired) electrons. The van der Waals surface area contributed by atoms with Crippen LogP contribution >= 0.6 is 0 Å². The Balaban J connectivity index is 1.82. The van der Waals surface area contributed by atoms with Crippen LogP contribution in [0.4, 0.5) is 5.82 Å². The molecular weight excluding hydrogens is 306 g/mol. The third-order valence-corrected chi connectivity index (χ3v) is 3.64. The van der Waals surface area contributed by atoms with E-state index in [1.165, 1.54) is 0 Å². The molecule has 2 aromatic heterocycles. The number of fused-ring (bicyclic) bond motifs is 1. The Morgan fingerprint density at radius 1 is 1.29 bits per heavy atom. The monoisotopic (exact) mass is 328 g/mol. The number of imidazole rings is 1. The number of aromatic amines is 2. The highest BCUT2D eigenvalue weighted by Gasteiger charge is 2.19. The van der Waals surface area contributed by atoms with Crippen molar-refractivity contribution in [1.29, 1.82) is 0 Å². The topological polar surface area (TPSA) is 97.2 Å². The van der Waals surface area contributed by atoms with E-state index < -0.39 is 0 Å². The summed E-state index contributed by atoms with van der Waals surface area (Å²) >= 11 is 0. The van der Waals surface area contributed by atoms with Gasteiger partial charge in [0.15, 0.2) is 12.1 Å². The molecular formula is C17H22N5O2+. The quantitative estimate of drug-likeness (QED) is 0.583. The molecule has 126 valence electrons. The van der Waals surface area contributed by atoms with Gasteiger partial charge >= 0.3 is 11.7 Å². The number of anilines is 1. The van der Waals surface area contributed by atoms with Crippen molar-refractivity contribution >= 4 is 17.0 Å². The lowest BCUT2D eigenvalue weighted by Gasteiger charge is -2.16. The van der Waals surface area contributed by atoms with Crippen LogP contribution in [0.25, 0.3) is 11.2 Å². The van der Waals surface area contributed by atoms with Gasteiger partial charge in [-0.25, -0.2) is 4.98 Å². The summed E-state index contributed by atoms with van der Waals surface area (Å²) in [5.41, 5.74) is 2.57. The summed E-state index contributed by atoms with van der Waals surface area (Å²) in [5.74, 6) is 0.613. The lowest BCUT2D eigenvalue weighted by atomic mass is 10.1. The number of nitrogens with one attached hydrogen (secondary N) is 3. The van der Waals surface area contributed by atoms with Crippen LogP contribution in [0.5, 0.6) is 6.01 Å². The Hall–Kier alpha value is -2.67. The van der Waals surface area contributed by atoms with E-state index >= 15 is 0 Å². The van der Waals surface area contributed by atoms with Gasteiger partial charge in [-0.05, 0) is 23.4 Å². The largest absolute Gasteiger partial charge is 0.451 e. The van der Waals surface area contributed by atoms with Crippen molar-refractivity contribution in [1.82, 2.24) is 15.0 Å². The number of benzene rings is 1. The molecule has 0 saturated carbocycles. The van der Waals surface area contributed by atoms with Crippen LogP contribution in [0.1, 0.15) is 18.9 Å². The van der Waals surface area contributed by atoms with Gasteiger partial charge in [0.25, 0.3) is 0 Å². The number of hydrogen-bond donors (Lipinski definition) is 3. The molecule has 0 aliphatic heterocycles. The van der Waals surface area contributed by atoms with Gasteiger partial charge in [0.1, 0.15) is 0 Å². The highest BCUT2D eigenvalue weighted by atomic mass is 16.5. The molecule has 7 heteroatoms. The van der Waals surface area contributed by atoms with E-state index in [1.807, 2.05) is 37.3 Å². The van der Waals surface area contributed by atoms with Crippen molar-refractivity contribution in [2.24, 2.45) is 0 Å². The fourth-order valence-electron chi connectivity index (χ4n) is 2.47. The smallest absolute Gasteiger partial charge is 0.397 e. The molecule has 7 nitrogen and oxygen atoms in total. The average Bonchev–Trinajstić information content (AvgIpc) is 3.09. The summed E-state index contributed by atoms with van der Waals surface area (Å²) in [6, 6.07) is 10.2. The fourth-order valence-corrected chi connectivity index (χ4v) is 2.47. The number of ether oxygens (including phenoxy) is 1.